The first-order valence-corrected chi connectivity index (χ1v) is 13.4. The molecule has 43 heavy (non-hydrogen) atoms. The molecule has 1 fully saturated rings. The topological polar surface area (TPSA) is 231 Å². The van der Waals surface area contributed by atoms with Gasteiger partial charge in [-0.3, -0.25) is 14.5 Å². The molecule has 1 unspecified atom stereocenters. The number of thioether (sulfide) groups is 1. The van der Waals surface area contributed by atoms with E-state index in [2.05, 4.69) is 15.5 Å². The third-order valence-corrected chi connectivity index (χ3v) is 7.47. The molecular formula is C23H20F3N5O10S2. The lowest BCUT2D eigenvalue weighted by Crippen LogP contribution is -2.71. The van der Waals surface area contributed by atoms with Crippen LogP contribution in [0.25, 0.3) is 0 Å². The van der Waals surface area contributed by atoms with Gasteiger partial charge in [0.15, 0.2) is 10.8 Å². The fourth-order valence-corrected chi connectivity index (χ4v) is 5.44. The van der Waals surface area contributed by atoms with E-state index in [9.17, 15) is 37.5 Å². The number of aliphatic carboxylic acids is 2. The van der Waals surface area contributed by atoms with Crippen LogP contribution in [0.4, 0.5) is 18.3 Å². The molecule has 2 aromatic rings. The molecule has 4 rings (SSSR count). The molecule has 20 heteroatoms. The number of anilines is 1. The van der Waals surface area contributed by atoms with E-state index in [0.717, 1.165) is 16.2 Å². The van der Waals surface area contributed by atoms with Gasteiger partial charge < -0.3 is 35.9 Å². The number of aromatic carboxylic acids is 1. The Kier molecular flexibility index (Phi) is 10.2. The van der Waals surface area contributed by atoms with Crippen molar-refractivity contribution >= 4 is 63.7 Å². The van der Waals surface area contributed by atoms with Gasteiger partial charge in [-0.25, -0.2) is 19.4 Å². The van der Waals surface area contributed by atoms with Gasteiger partial charge in [0, 0.05) is 16.7 Å². The van der Waals surface area contributed by atoms with Crippen molar-refractivity contribution in [1.82, 2.24) is 15.2 Å². The van der Waals surface area contributed by atoms with Gasteiger partial charge in [0.2, 0.25) is 0 Å². The van der Waals surface area contributed by atoms with Crippen molar-refractivity contribution in [2.75, 3.05) is 25.2 Å². The molecule has 2 amide bonds. The number of alkyl halides is 3. The Hall–Kier alpha value is -4.85. The fourth-order valence-electron chi connectivity index (χ4n) is 3.56. The Labute approximate surface area is 246 Å². The average molecular weight is 648 g/mol. The van der Waals surface area contributed by atoms with Crippen LogP contribution in [-0.4, -0.2) is 97.7 Å². The maximum Gasteiger partial charge on any atom is 0.490 e. The van der Waals surface area contributed by atoms with Gasteiger partial charge in [0.05, 0.1) is 5.56 Å². The van der Waals surface area contributed by atoms with Crippen LogP contribution in [0.2, 0.25) is 0 Å². The Bertz CT molecular complexity index is 1490. The van der Waals surface area contributed by atoms with Crippen LogP contribution in [0.15, 0.2) is 46.1 Å². The molecule has 1 aromatic carbocycles. The second kappa shape index (κ2) is 13.4. The van der Waals surface area contributed by atoms with Crippen molar-refractivity contribution in [2.24, 2.45) is 5.16 Å². The molecule has 0 aliphatic carbocycles. The molecule has 2 atom stereocenters. The van der Waals surface area contributed by atoms with E-state index in [1.807, 2.05) is 0 Å². The van der Waals surface area contributed by atoms with Crippen LogP contribution in [0.3, 0.4) is 0 Å². The van der Waals surface area contributed by atoms with Crippen molar-refractivity contribution in [3.05, 3.63) is 52.2 Å². The fraction of sp³-hybridized carbons (Fsp3) is 0.261. The number of nitrogens with one attached hydrogen (secondary N) is 1. The van der Waals surface area contributed by atoms with Crippen LogP contribution in [0, 0.1) is 0 Å². The van der Waals surface area contributed by atoms with Gasteiger partial charge >= 0.3 is 24.1 Å². The van der Waals surface area contributed by atoms with E-state index in [4.69, 9.17) is 30.3 Å². The third-order valence-electron chi connectivity index (χ3n) is 5.46. The summed E-state index contributed by atoms with van der Waals surface area (Å²) in [4.78, 5) is 67.4. The summed E-state index contributed by atoms with van der Waals surface area (Å²) in [6.45, 7) is -0.121. The number of rotatable bonds is 9. The largest absolute Gasteiger partial charge is 0.490 e. The number of nitrogens with zero attached hydrogens (tertiary/aromatic N) is 3. The summed E-state index contributed by atoms with van der Waals surface area (Å²) < 4.78 is 37.4. The molecule has 15 nitrogen and oxygen atoms in total. The lowest BCUT2D eigenvalue weighted by atomic mass is 10.0. The molecule has 0 radical (unpaired) electrons. The zero-order valence-corrected chi connectivity index (χ0v) is 23.2. The number of thiazole rings is 1. The number of aromatic nitrogens is 1. The number of oxime groups is 1. The zero-order chi connectivity index (χ0) is 32.1. The second-order valence-corrected chi connectivity index (χ2v) is 10.2. The monoisotopic (exact) mass is 647 g/mol. The van der Waals surface area contributed by atoms with Gasteiger partial charge in [-0.2, -0.15) is 13.2 Å². The highest BCUT2D eigenvalue weighted by Crippen LogP contribution is 2.40. The minimum absolute atomic E-state index is 0.0834. The first-order chi connectivity index (χ1) is 20.1. The Balaban J connectivity index is 0.000000646. The van der Waals surface area contributed by atoms with E-state index in [0.29, 0.717) is 11.3 Å². The average Bonchev–Trinajstić information content (AvgIpc) is 3.38. The molecule has 6 N–H and O–H groups in total. The van der Waals surface area contributed by atoms with E-state index in [-0.39, 0.29) is 40.2 Å². The number of benzene rings is 1. The zero-order valence-electron chi connectivity index (χ0n) is 21.5. The summed E-state index contributed by atoms with van der Waals surface area (Å²) in [6, 6.07) is 4.66. The number of nitrogen functional groups attached to an aromatic ring is 1. The molecule has 2 aliphatic heterocycles. The van der Waals surface area contributed by atoms with Crippen LogP contribution in [-0.2, 0) is 24.0 Å². The van der Waals surface area contributed by atoms with Crippen LogP contribution in [0.1, 0.15) is 16.1 Å². The highest BCUT2D eigenvalue weighted by Gasteiger charge is 2.54. The second-order valence-electron chi connectivity index (χ2n) is 8.23. The standard InChI is InChI=1S/C21H19N5O8S2.C2HF3O2/c1-33-25-13(12-8-36-21(22)23-12)16(27)24-14-17(28)26-15(20(31)32)10(7-35-18(14)26)6-34-11-4-2-9(3-5-11)19(29)30;3-2(4,5)1(6)7/h2-5,8,14,18H,6-7H2,1H3,(H2,22,23)(H,24,27)(H,29,30)(H,31,32);(H,6,7)/b25-13-;/t14?,18-;/m1./s1. The van der Waals surface area contributed by atoms with Gasteiger partial charge in [-0.15, -0.1) is 23.1 Å². The molecule has 2 aliphatic rings. The number of hydrogen-bond donors (Lipinski definition) is 5. The first kappa shape index (κ1) is 32.7. The van der Waals surface area contributed by atoms with Crippen molar-refractivity contribution in [1.29, 1.82) is 0 Å². The predicted molar refractivity (Wildman–Crippen MR) is 142 cm³/mol. The van der Waals surface area contributed by atoms with Gasteiger partial charge in [0.25, 0.3) is 11.8 Å². The summed E-state index contributed by atoms with van der Waals surface area (Å²) in [5.41, 5.74) is 5.86. The number of fused-ring (bicyclic) bond motifs is 1. The van der Waals surface area contributed by atoms with E-state index in [1.165, 1.54) is 48.5 Å². The highest BCUT2D eigenvalue weighted by atomic mass is 32.2. The Morgan fingerprint density at radius 1 is 1.16 bits per heavy atom. The molecule has 1 saturated heterocycles. The van der Waals surface area contributed by atoms with Crippen molar-refractivity contribution in [2.45, 2.75) is 17.6 Å². The molecule has 230 valence electrons. The van der Waals surface area contributed by atoms with Crippen molar-refractivity contribution < 1.29 is 62.0 Å². The lowest BCUT2D eigenvalue weighted by molar-refractivity contribution is -0.192. The van der Waals surface area contributed by atoms with Gasteiger partial charge in [-0.05, 0) is 24.3 Å². The summed E-state index contributed by atoms with van der Waals surface area (Å²) in [6.07, 6.45) is -5.08. The van der Waals surface area contributed by atoms with Crippen LogP contribution >= 0.6 is 23.1 Å². The summed E-state index contributed by atoms with van der Waals surface area (Å²) in [7, 11) is 1.25. The van der Waals surface area contributed by atoms with E-state index < -0.39 is 47.3 Å². The maximum absolute atomic E-state index is 12.9. The number of amides is 2. The number of β-lactam (4-membered cyclic amide) rings is 1. The number of carbonyl (C=O) groups excluding carboxylic acids is 2. The minimum atomic E-state index is -5.08. The number of carboxylic acids is 3. The first-order valence-electron chi connectivity index (χ1n) is 11.4. The number of halogens is 3. The minimum Gasteiger partial charge on any atom is -0.489 e. The number of ether oxygens (including phenoxy) is 1. The van der Waals surface area contributed by atoms with Crippen LogP contribution in [0.5, 0.6) is 5.75 Å². The molecular weight excluding hydrogens is 627 g/mol. The number of nitrogens with two attached hydrogens (primary N) is 1. The lowest BCUT2D eigenvalue weighted by Gasteiger charge is -2.49. The van der Waals surface area contributed by atoms with E-state index in [1.54, 1.807) is 0 Å². The third kappa shape index (κ3) is 7.71. The SMILES string of the molecule is CO/N=C(\C(=O)NC1C(=O)N2C(C(=O)O)=C(COc3ccc(C(=O)O)cc3)CS[C@H]12)c1csc(N)n1.O=C(O)C(F)(F)F. The van der Waals surface area contributed by atoms with Gasteiger partial charge in [-0.1, -0.05) is 5.16 Å². The molecule has 0 bridgehead atoms. The maximum atomic E-state index is 12.9. The molecule has 3 heterocycles. The normalized spacial score (nSPS) is 18.0. The smallest absolute Gasteiger partial charge is 0.489 e. The molecule has 1 aromatic heterocycles. The van der Waals surface area contributed by atoms with E-state index >= 15 is 0 Å². The summed E-state index contributed by atoms with van der Waals surface area (Å²) in [5.74, 6) is -5.89. The Morgan fingerprint density at radius 3 is 2.28 bits per heavy atom. The highest BCUT2D eigenvalue weighted by molar-refractivity contribution is 8.00. The Morgan fingerprint density at radius 2 is 1.79 bits per heavy atom. The van der Waals surface area contributed by atoms with Crippen molar-refractivity contribution in [3.8, 4) is 5.75 Å². The summed E-state index contributed by atoms with van der Waals surface area (Å²) in [5, 5.41) is 33.3. The summed E-state index contributed by atoms with van der Waals surface area (Å²) >= 11 is 2.37. The number of hydrogen-bond acceptors (Lipinski definition) is 12. The van der Waals surface area contributed by atoms with Gasteiger partial charge in [0.1, 0.15) is 42.3 Å². The predicted octanol–water partition coefficient (Wildman–Crippen LogP) is 1.22. The number of carboxylic acid groups (broad SMARTS) is 3. The molecule has 0 saturated carbocycles. The van der Waals surface area contributed by atoms with Crippen LogP contribution < -0.4 is 15.8 Å². The molecule has 0 spiro atoms. The quantitative estimate of drug-likeness (QED) is 0.147. The van der Waals surface area contributed by atoms with Crippen molar-refractivity contribution in [3.63, 3.8) is 0 Å². The number of carbonyl (C=O) groups is 5.